The fraction of sp³-hybridized carbons (Fsp3) is 0.278. The lowest BCUT2D eigenvalue weighted by Crippen LogP contribution is -2.11. The topological polar surface area (TPSA) is 35.5 Å². The summed E-state index contributed by atoms with van der Waals surface area (Å²) in [6, 6.07) is 12.9. The molecular weight excluding hydrogens is 300 g/mol. The predicted octanol–water partition coefficient (Wildman–Crippen LogP) is 4.73. The molecule has 0 aliphatic carbocycles. The van der Waals surface area contributed by atoms with Gasteiger partial charge in [0, 0.05) is 5.02 Å². The highest BCUT2D eigenvalue weighted by Gasteiger charge is 2.07. The molecule has 0 bridgehead atoms. The van der Waals surface area contributed by atoms with E-state index in [0.717, 1.165) is 12.0 Å². The number of carbonyl (C=O) groups excluding carboxylic acids is 1. The van der Waals surface area contributed by atoms with Gasteiger partial charge in [0.15, 0.2) is 6.29 Å². The fourth-order valence-corrected chi connectivity index (χ4v) is 2.32. The summed E-state index contributed by atoms with van der Waals surface area (Å²) in [5.74, 6) is 1.78. The SMILES string of the molecule is CC(C)c1ccccc1OCCOc1ccc(Cl)cc1C=O. The lowest BCUT2D eigenvalue weighted by Gasteiger charge is -2.14. The summed E-state index contributed by atoms with van der Waals surface area (Å²) in [5.41, 5.74) is 1.61. The van der Waals surface area contributed by atoms with Crippen LogP contribution in [0.15, 0.2) is 42.5 Å². The maximum Gasteiger partial charge on any atom is 0.153 e. The molecule has 116 valence electrons. The molecule has 0 amide bonds. The van der Waals surface area contributed by atoms with Gasteiger partial charge in [0.05, 0.1) is 5.56 Å². The van der Waals surface area contributed by atoms with Crippen molar-refractivity contribution in [2.24, 2.45) is 0 Å². The number of para-hydroxylation sites is 1. The van der Waals surface area contributed by atoms with Crippen LogP contribution in [0.4, 0.5) is 0 Å². The monoisotopic (exact) mass is 318 g/mol. The predicted molar refractivity (Wildman–Crippen MR) is 88.4 cm³/mol. The van der Waals surface area contributed by atoms with Crippen LogP contribution in [0.5, 0.6) is 11.5 Å². The molecule has 0 unspecified atom stereocenters. The highest BCUT2D eigenvalue weighted by molar-refractivity contribution is 6.30. The molecule has 0 aliphatic rings. The molecule has 2 aromatic rings. The standard InChI is InChI=1S/C18H19ClO3/c1-13(2)16-5-3-4-6-18(16)22-10-9-21-17-8-7-15(19)11-14(17)12-20/h3-8,11-13H,9-10H2,1-2H3. The second-order valence-electron chi connectivity index (χ2n) is 5.19. The molecule has 0 fully saturated rings. The Hall–Kier alpha value is -2.00. The molecule has 0 saturated heterocycles. The molecule has 4 heteroatoms. The minimum Gasteiger partial charge on any atom is -0.490 e. The van der Waals surface area contributed by atoms with Gasteiger partial charge in [0.2, 0.25) is 0 Å². The van der Waals surface area contributed by atoms with Gasteiger partial charge in [0.25, 0.3) is 0 Å². The van der Waals surface area contributed by atoms with Crippen molar-refractivity contribution in [2.75, 3.05) is 13.2 Å². The summed E-state index contributed by atoms with van der Waals surface area (Å²) < 4.78 is 11.4. The minimum absolute atomic E-state index is 0.356. The molecule has 0 spiro atoms. The third-order valence-corrected chi connectivity index (χ3v) is 3.47. The molecular formula is C18H19ClO3. The molecule has 0 aromatic heterocycles. The van der Waals surface area contributed by atoms with E-state index in [0.29, 0.717) is 35.5 Å². The number of hydrogen-bond acceptors (Lipinski definition) is 3. The van der Waals surface area contributed by atoms with E-state index in [4.69, 9.17) is 21.1 Å². The van der Waals surface area contributed by atoms with Crippen molar-refractivity contribution in [2.45, 2.75) is 19.8 Å². The van der Waals surface area contributed by atoms with Gasteiger partial charge in [-0.1, -0.05) is 43.6 Å². The van der Waals surface area contributed by atoms with Gasteiger partial charge < -0.3 is 9.47 Å². The maximum atomic E-state index is 11.0. The Morgan fingerprint density at radius 3 is 2.41 bits per heavy atom. The zero-order chi connectivity index (χ0) is 15.9. The molecule has 0 aliphatic heterocycles. The lowest BCUT2D eigenvalue weighted by atomic mass is 10.0. The first-order valence-electron chi connectivity index (χ1n) is 7.21. The van der Waals surface area contributed by atoms with Gasteiger partial charge in [-0.2, -0.15) is 0 Å². The first-order chi connectivity index (χ1) is 10.6. The summed E-state index contributed by atoms with van der Waals surface area (Å²) in [6.45, 7) is 5.02. The Bertz CT molecular complexity index is 638. The lowest BCUT2D eigenvalue weighted by molar-refractivity contribution is 0.111. The second-order valence-corrected chi connectivity index (χ2v) is 5.63. The Morgan fingerprint density at radius 1 is 1.05 bits per heavy atom. The fourth-order valence-electron chi connectivity index (χ4n) is 2.14. The van der Waals surface area contributed by atoms with Crippen molar-refractivity contribution in [3.05, 3.63) is 58.6 Å². The van der Waals surface area contributed by atoms with Crippen LogP contribution in [0.25, 0.3) is 0 Å². The van der Waals surface area contributed by atoms with Crippen molar-refractivity contribution < 1.29 is 14.3 Å². The molecule has 2 rings (SSSR count). The molecule has 22 heavy (non-hydrogen) atoms. The van der Waals surface area contributed by atoms with Crippen LogP contribution in [0.2, 0.25) is 5.02 Å². The van der Waals surface area contributed by atoms with Crippen LogP contribution in [0, 0.1) is 0 Å². The number of rotatable bonds is 7. The highest BCUT2D eigenvalue weighted by Crippen LogP contribution is 2.26. The number of benzene rings is 2. The zero-order valence-electron chi connectivity index (χ0n) is 12.7. The maximum absolute atomic E-state index is 11.0. The van der Waals surface area contributed by atoms with E-state index in [2.05, 4.69) is 19.9 Å². The van der Waals surface area contributed by atoms with E-state index in [1.54, 1.807) is 18.2 Å². The Balaban J connectivity index is 1.92. The van der Waals surface area contributed by atoms with Crippen LogP contribution in [-0.2, 0) is 0 Å². The summed E-state index contributed by atoms with van der Waals surface area (Å²) in [7, 11) is 0. The van der Waals surface area contributed by atoms with Gasteiger partial charge in [-0.3, -0.25) is 4.79 Å². The smallest absolute Gasteiger partial charge is 0.153 e. The van der Waals surface area contributed by atoms with E-state index >= 15 is 0 Å². The van der Waals surface area contributed by atoms with E-state index in [9.17, 15) is 4.79 Å². The van der Waals surface area contributed by atoms with Gasteiger partial charge in [-0.25, -0.2) is 0 Å². The van der Waals surface area contributed by atoms with E-state index in [1.165, 1.54) is 5.56 Å². The van der Waals surface area contributed by atoms with Gasteiger partial charge in [-0.05, 0) is 35.7 Å². The molecule has 3 nitrogen and oxygen atoms in total. The molecule has 0 radical (unpaired) electrons. The van der Waals surface area contributed by atoms with E-state index in [-0.39, 0.29) is 0 Å². The molecule has 0 atom stereocenters. The van der Waals surface area contributed by atoms with Crippen LogP contribution in [-0.4, -0.2) is 19.5 Å². The van der Waals surface area contributed by atoms with Gasteiger partial charge in [-0.15, -0.1) is 0 Å². The summed E-state index contributed by atoms with van der Waals surface area (Å²) >= 11 is 5.84. The molecule has 0 heterocycles. The van der Waals surface area contributed by atoms with Gasteiger partial charge in [0.1, 0.15) is 24.7 Å². The molecule has 0 saturated carbocycles. The van der Waals surface area contributed by atoms with Crippen LogP contribution in [0.3, 0.4) is 0 Å². The Labute approximate surface area is 135 Å². The number of ether oxygens (including phenoxy) is 2. The number of aldehydes is 1. The Morgan fingerprint density at radius 2 is 1.73 bits per heavy atom. The second kappa shape index (κ2) is 7.85. The summed E-state index contributed by atoms with van der Waals surface area (Å²) in [4.78, 5) is 11.0. The average Bonchev–Trinajstić information content (AvgIpc) is 2.52. The average molecular weight is 319 g/mol. The third-order valence-electron chi connectivity index (χ3n) is 3.24. The summed E-state index contributed by atoms with van der Waals surface area (Å²) in [5, 5.41) is 0.511. The van der Waals surface area contributed by atoms with E-state index in [1.807, 2.05) is 18.2 Å². The molecule has 0 N–H and O–H groups in total. The largest absolute Gasteiger partial charge is 0.490 e. The van der Waals surface area contributed by atoms with Crippen molar-refractivity contribution in [3.8, 4) is 11.5 Å². The quantitative estimate of drug-likeness (QED) is 0.546. The first-order valence-corrected chi connectivity index (χ1v) is 7.59. The van der Waals surface area contributed by atoms with Crippen LogP contribution in [0.1, 0.15) is 35.7 Å². The van der Waals surface area contributed by atoms with Crippen molar-refractivity contribution in [3.63, 3.8) is 0 Å². The highest BCUT2D eigenvalue weighted by atomic mass is 35.5. The number of halogens is 1. The zero-order valence-corrected chi connectivity index (χ0v) is 13.5. The normalized spacial score (nSPS) is 10.5. The van der Waals surface area contributed by atoms with Gasteiger partial charge >= 0.3 is 0 Å². The van der Waals surface area contributed by atoms with Crippen molar-refractivity contribution >= 4 is 17.9 Å². The summed E-state index contributed by atoms with van der Waals surface area (Å²) in [6.07, 6.45) is 0.732. The first kappa shape index (κ1) is 16.4. The third kappa shape index (κ3) is 4.25. The number of carbonyl (C=O) groups is 1. The van der Waals surface area contributed by atoms with Crippen molar-refractivity contribution in [1.29, 1.82) is 0 Å². The van der Waals surface area contributed by atoms with Crippen LogP contribution >= 0.6 is 11.6 Å². The Kier molecular flexibility index (Phi) is 5.84. The van der Waals surface area contributed by atoms with E-state index < -0.39 is 0 Å². The molecule has 2 aromatic carbocycles. The van der Waals surface area contributed by atoms with Crippen LogP contribution < -0.4 is 9.47 Å². The van der Waals surface area contributed by atoms with Crippen molar-refractivity contribution in [1.82, 2.24) is 0 Å². The number of hydrogen-bond donors (Lipinski definition) is 0. The minimum atomic E-state index is 0.356.